The standard InChI is InChI=1S/C7H3F2N5/c8-4-1-11-7(9)14-5(4)6-12-2-10-3-13-6/h1-3H. The maximum atomic E-state index is 13.1. The molecule has 0 unspecified atom stereocenters. The SMILES string of the molecule is Fc1ncc(F)c(-c2ncncn2)n1. The fourth-order valence-electron chi connectivity index (χ4n) is 0.864. The van der Waals surface area contributed by atoms with E-state index in [0.717, 1.165) is 6.20 Å². The fourth-order valence-corrected chi connectivity index (χ4v) is 0.864. The van der Waals surface area contributed by atoms with Crippen molar-refractivity contribution in [1.29, 1.82) is 0 Å². The van der Waals surface area contributed by atoms with Crippen LogP contribution in [0.4, 0.5) is 8.78 Å². The van der Waals surface area contributed by atoms with Gasteiger partial charge in [-0.3, -0.25) is 0 Å². The molecular weight excluding hydrogens is 192 g/mol. The monoisotopic (exact) mass is 195 g/mol. The van der Waals surface area contributed by atoms with E-state index in [-0.39, 0.29) is 11.5 Å². The molecule has 0 spiro atoms. The average Bonchev–Trinajstić information content (AvgIpc) is 2.23. The number of rotatable bonds is 1. The van der Waals surface area contributed by atoms with Crippen molar-refractivity contribution < 1.29 is 8.78 Å². The molecule has 0 saturated carbocycles. The summed E-state index contributed by atoms with van der Waals surface area (Å²) in [6.07, 6.45) is 2.03. The van der Waals surface area contributed by atoms with Crippen LogP contribution in [0, 0.1) is 11.9 Å². The van der Waals surface area contributed by atoms with Crippen LogP contribution in [0.2, 0.25) is 0 Å². The molecular formula is C7H3F2N5. The molecule has 2 rings (SSSR count). The molecule has 0 radical (unpaired) electrons. The molecule has 0 N–H and O–H groups in total. The van der Waals surface area contributed by atoms with Crippen LogP contribution in [0.25, 0.3) is 11.5 Å². The van der Waals surface area contributed by atoms with E-state index in [1.165, 1.54) is 12.7 Å². The van der Waals surface area contributed by atoms with Gasteiger partial charge in [-0.2, -0.15) is 9.37 Å². The Hall–Kier alpha value is -2.05. The highest BCUT2D eigenvalue weighted by Crippen LogP contribution is 2.13. The van der Waals surface area contributed by atoms with E-state index >= 15 is 0 Å². The molecule has 0 aliphatic rings. The quantitative estimate of drug-likeness (QED) is 0.623. The lowest BCUT2D eigenvalue weighted by Gasteiger charge is -1.98. The van der Waals surface area contributed by atoms with Gasteiger partial charge in [-0.15, -0.1) is 0 Å². The molecule has 5 nitrogen and oxygen atoms in total. The lowest BCUT2D eigenvalue weighted by molar-refractivity contribution is 0.518. The smallest absolute Gasteiger partial charge is 0.225 e. The van der Waals surface area contributed by atoms with Gasteiger partial charge in [0, 0.05) is 0 Å². The summed E-state index contributed by atoms with van der Waals surface area (Å²) in [4.78, 5) is 17.1. The summed E-state index contributed by atoms with van der Waals surface area (Å²) in [5.74, 6) is -0.809. The molecule has 0 amide bonds. The van der Waals surface area contributed by atoms with Crippen molar-refractivity contribution in [2.45, 2.75) is 0 Å². The van der Waals surface area contributed by atoms with Gasteiger partial charge < -0.3 is 0 Å². The molecule has 0 aliphatic heterocycles. The van der Waals surface area contributed by atoms with Crippen molar-refractivity contribution in [2.24, 2.45) is 0 Å². The summed E-state index contributed by atoms with van der Waals surface area (Å²) in [5.41, 5.74) is -0.278. The summed E-state index contributed by atoms with van der Waals surface area (Å²) in [6.45, 7) is 0. The van der Waals surface area contributed by atoms with E-state index < -0.39 is 11.9 Å². The first-order valence-corrected chi connectivity index (χ1v) is 3.58. The van der Waals surface area contributed by atoms with Crippen molar-refractivity contribution in [3.8, 4) is 11.5 Å². The first kappa shape index (κ1) is 8.54. The van der Waals surface area contributed by atoms with Gasteiger partial charge in [0.25, 0.3) is 0 Å². The number of halogens is 2. The Morgan fingerprint density at radius 1 is 1.00 bits per heavy atom. The Bertz CT molecular complexity index is 447. The molecule has 0 atom stereocenters. The van der Waals surface area contributed by atoms with E-state index in [2.05, 4.69) is 24.9 Å². The second-order valence-corrected chi connectivity index (χ2v) is 2.30. The molecule has 2 aromatic heterocycles. The zero-order valence-electron chi connectivity index (χ0n) is 6.72. The van der Waals surface area contributed by atoms with Crippen molar-refractivity contribution in [3.63, 3.8) is 0 Å². The first-order chi connectivity index (χ1) is 6.77. The topological polar surface area (TPSA) is 64.5 Å². The van der Waals surface area contributed by atoms with Gasteiger partial charge in [-0.1, -0.05) is 0 Å². The third-order valence-electron chi connectivity index (χ3n) is 1.42. The molecule has 70 valence electrons. The van der Waals surface area contributed by atoms with Gasteiger partial charge in [0.15, 0.2) is 11.6 Å². The average molecular weight is 195 g/mol. The largest absolute Gasteiger partial charge is 0.309 e. The lowest BCUT2D eigenvalue weighted by Crippen LogP contribution is -1.99. The van der Waals surface area contributed by atoms with Crippen molar-refractivity contribution in [1.82, 2.24) is 24.9 Å². The van der Waals surface area contributed by atoms with Crippen LogP contribution in [-0.4, -0.2) is 24.9 Å². The van der Waals surface area contributed by atoms with Crippen LogP contribution in [0.15, 0.2) is 18.9 Å². The van der Waals surface area contributed by atoms with Crippen LogP contribution in [0.5, 0.6) is 0 Å². The predicted octanol–water partition coefficient (Wildman–Crippen LogP) is 0.607. The van der Waals surface area contributed by atoms with Crippen LogP contribution in [0.1, 0.15) is 0 Å². The van der Waals surface area contributed by atoms with E-state index in [0.29, 0.717) is 0 Å². The Labute approximate surface area is 76.9 Å². The van der Waals surface area contributed by atoms with Gasteiger partial charge >= 0.3 is 6.08 Å². The summed E-state index contributed by atoms with van der Waals surface area (Å²) in [5, 5.41) is 0. The molecule has 2 heterocycles. The third kappa shape index (κ3) is 1.51. The van der Waals surface area contributed by atoms with E-state index in [1.807, 2.05) is 0 Å². The number of hydrogen-bond donors (Lipinski definition) is 0. The highest BCUT2D eigenvalue weighted by molar-refractivity contribution is 5.47. The molecule has 0 fully saturated rings. The highest BCUT2D eigenvalue weighted by Gasteiger charge is 2.11. The molecule has 14 heavy (non-hydrogen) atoms. The molecule has 0 aliphatic carbocycles. The zero-order chi connectivity index (χ0) is 9.97. The highest BCUT2D eigenvalue weighted by atomic mass is 19.1. The Morgan fingerprint density at radius 2 is 1.71 bits per heavy atom. The second-order valence-electron chi connectivity index (χ2n) is 2.30. The molecule has 0 aromatic carbocycles. The number of hydrogen-bond acceptors (Lipinski definition) is 5. The maximum absolute atomic E-state index is 13.1. The van der Waals surface area contributed by atoms with Crippen LogP contribution in [-0.2, 0) is 0 Å². The van der Waals surface area contributed by atoms with Gasteiger partial charge in [0.05, 0.1) is 6.20 Å². The summed E-state index contributed by atoms with van der Waals surface area (Å²) in [7, 11) is 0. The summed E-state index contributed by atoms with van der Waals surface area (Å²) >= 11 is 0. The van der Waals surface area contributed by atoms with Crippen LogP contribution < -0.4 is 0 Å². The van der Waals surface area contributed by atoms with Gasteiger partial charge in [0.1, 0.15) is 18.3 Å². The maximum Gasteiger partial charge on any atom is 0.309 e. The Kier molecular flexibility index (Phi) is 2.05. The van der Waals surface area contributed by atoms with Gasteiger partial charge in [0.2, 0.25) is 0 Å². The normalized spacial score (nSPS) is 10.1. The second kappa shape index (κ2) is 3.36. The van der Waals surface area contributed by atoms with Crippen LogP contribution >= 0.6 is 0 Å². The molecule has 2 aromatic rings. The molecule has 0 saturated heterocycles. The lowest BCUT2D eigenvalue weighted by atomic mass is 10.4. The van der Waals surface area contributed by atoms with Crippen LogP contribution in [0.3, 0.4) is 0 Å². The van der Waals surface area contributed by atoms with Crippen molar-refractivity contribution in [3.05, 3.63) is 30.7 Å². The fraction of sp³-hybridized carbons (Fsp3) is 0. The third-order valence-corrected chi connectivity index (χ3v) is 1.42. The zero-order valence-corrected chi connectivity index (χ0v) is 6.72. The van der Waals surface area contributed by atoms with Crippen molar-refractivity contribution in [2.75, 3.05) is 0 Å². The number of nitrogens with zero attached hydrogens (tertiary/aromatic N) is 5. The predicted molar refractivity (Wildman–Crippen MR) is 40.8 cm³/mol. The van der Waals surface area contributed by atoms with Crippen molar-refractivity contribution >= 4 is 0 Å². The minimum absolute atomic E-state index is 0.0289. The summed E-state index contributed by atoms with van der Waals surface area (Å²) in [6, 6.07) is 0. The van der Waals surface area contributed by atoms with E-state index in [1.54, 1.807) is 0 Å². The Morgan fingerprint density at radius 3 is 2.43 bits per heavy atom. The summed E-state index contributed by atoms with van der Waals surface area (Å²) < 4.78 is 25.6. The molecule has 7 heteroatoms. The van der Waals surface area contributed by atoms with Gasteiger partial charge in [-0.25, -0.2) is 24.3 Å². The molecule has 0 bridgehead atoms. The Balaban J connectivity index is 2.57. The van der Waals surface area contributed by atoms with E-state index in [4.69, 9.17) is 0 Å². The minimum atomic E-state index is -1.03. The number of aromatic nitrogens is 5. The first-order valence-electron chi connectivity index (χ1n) is 3.58. The minimum Gasteiger partial charge on any atom is -0.225 e. The van der Waals surface area contributed by atoms with E-state index in [9.17, 15) is 8.78 Å². The van der Waals surface area contributed by atoms with Gasteiger partial charge in [-0.05, 0) is 0 Å².